The fraction of sp³-hybridized carbons (Fsp3) is 0.0870. The zero-order valence-electron chi connectivity index (χ0n) is 14.7. The van der Waals surface area contributed by atoms with Crippen LogP contribution < -0.4 is 9.47 Å². The lowest BCUT2D eigenvalue weighted by Gasteiger charge is -2.09. The SMILES string of the molecule is Cc1cc(OCc2ccc(Cl)cc2)cc2c1C(=O)/C(=C/c1ccccc1)O2. The van der Waals surface area contributed by atoms with Crippen molar-refractivity contribution in [1.82, 2.24) is 0 Å². The lowest BCUT2D eigenvalue weighted by atomic mass is 10.0. The number of halogens is 1. The summed E-state index contributed by atoms with van der Waals surface area (Å²) in [6.45, 7) is 2.30. The smallest absolute Gasteiger partial charge is 0.232 e. The molecule has 3 nitrogen and oxygen atoms in total. The summed E-state index contributed by atoms with van der Waals surface area (Å²) in [5.74, 6) is 1.42. The van der Waals surface area contributed by atoms with Crippen LogP contribution in [-0.2, 0) is 6.61 Å². The number of rotatable bonds is 4. The number of carbonyl (C=O) groups is 1. The molecule has 0 radical (unpaired) electrons. The molecule has 3 aromatic carbocycles. The van der Waals surface area contributed by atoms with Gasteiger partial charge in [0.1, 0.15) is 18.1 Å². The summed E-state index contributed by atoms with van der Waals surface area (Å²) < 4.78 is 11.7. The van der Waals surface area contributed by atoms with Gasteiger partial charge in [-0.25, -0.2) is 0 Å². The highest BCUT2D eigenvalue weighted by atomic mass is 35.5. The molecule has 0 atom stereocenters. The number of allylic oxidation sites excluding steroid dienone is 1. The van der Waals surface area contributed by atoms with Crippen LogP contribution in [0.15, 0.2) is 72.5 Å². The van der Waals surface area contributed by atoms with E-state index in [2.05, 4.69) is 0 Å². The van der Waals surface area contributed by atoms with E-state index in [1.807, 2.05) is 67.6 Å². The van der Waals surface area contributed by atoms with E-state index in [9.17, 15) is 4.79 Å². The van der Waals surface area contributed by atoms with Crippen molar-refractivity contribution in [3.63, 3.8) is 0 Å². The maximum atomic E-state index is 12.7. The largest absolute Gasteiger partial charge is 0.489 e. The molecule has 0 fully saturated rings. The van der Waals surface area contributed by atoms with Gasteiger partial charge in [-0.3, -0.25) is 4.79 Å². The number of hydrogen-bond acceptors (Lipinski definition) is 3. The fourth-order valence-electron chi connectivity index (χ4n) is 3.01. The Labute approximate surface area is 162 Å². The minimum absolute atomic E-state index is 0.101. The Morgan fingerprint density at radius 1 is 1.04 bits per heavy atom. The molecule has 0 saturated carbocycles. The van der Waals surface area contributed by atoms with Gasteiger partial charge in [0.25, 0.3) is 0 Å². The van der Waals surface area contributed by atoms with Gasteiger partial charge in [-0.2, -0.15) is 0 Å². The highest BCUT2D eigenvalue weighted by molar-refractivity contribution is 6.30. The number of fused-ring (bicyclic) bond motifs is 1. The predicted octanol–water partition coefficient (Wildman–Crippen LogP) is 5.84. The van der Waals surface area contributed by atoms with Crippen molar-refractivity contribution in [2.45, 2.75) is 13.5 Å². The van der Waals surface area contributed by atoms with Crippen molar-refractivity contribution in [3.8, 4) is 11.5 Å². The van der Waals surface area contributed by atoms with Crippen LogP contribution in [0.4, 0.5) is 0 Å². The molecule has 1 aliphatic rings. The van der Waals surface area contributed by atoms with Gasteiger partial charge in [0.05, 0.1) is 5.56 Å². The van der Waals surface area contributed by atoms with Crippen LogP contribution >= 0.6 is 11.6 Å². The lowest BCUT2D eigenvalue weighted by Crippen LogP contribution is -2.00. The number of ether oxygens (including phenoxy) is 2. The summed E-state index contributed by atoms with van der Waals surface area (Å²) in [5, 5.41) is 0.691. The summed E-state index contributed by atoms with van der Waals surface area (Å²) in [5.41, 5.74) is 3.36. The molecule has 0 bridgehead atoms. The molecule has 0 unspecified atom stereocenters. The van der Waals surface area contributed by atoms with Crippen molar-refractivity contribution in [2.75, 3.05) is 0 Å². The van der Waals surface area contributed by atoms with Gasteiger partial charge < -0.3 is 9.47 Å². The molecular formula is C23H17ClO3. The molecule has 0 saturated heterocycles. The summed E-state index contributed by atoms with van der Waals surface area (Å²) in [6.07, 6.45) is 1.76. The van der Waals surface area contributed by atoms with Crippen LogP contribution in [0.2, 0.25) is 5.02 Å². The monoisotopic (exact) mass is 376 g/mol. The van der Waals surface area contributed by atoms with Crippen molar-refractivity contribution in [1.29, 1.82) is 0 Å². The number of hydrogen-bond donors (Lipinski definition) is 0. The first-order chi connectivity index (χ1) is 13.1. The first-order valence-electron chi connectivity index (χ1n) is 8.61. The Morgan fingerprint density at radius 3 is 2.52 bits per heavy atom. The Morgan fingerprint density at radius 2 is 1.78 bits per heavy atom. The predicted molar refractivity (Wildman–Crippen MR) is 106 cm³/mol. The van der Waals surface area contributed by atoms with Gasteiger partial charge in [-0.05, 0) is 47.9 Å². The van der Waals surface area contributed by atoms with E-state index in [0.717, 1.165) is 16.7 Å². The molecule has 0 aromatic heterocycles. The van der Waals surface area contributed by atoms with Crippen LogP contribution in [0.5, 0.6) is 11.5 Å². The summed E-state index contributed by atoms with van der Waals surface area (Å²) in [4.78, 5) is 12.7. The van der Waals surface area contributed by atoms with Gasteiger partial charge in [0, 0.05) is 11.1 Å². The van der Waals surface area contributed by atoms with Gasteiger partial charge in [0.2, 0.25) is 5.78 Å². The third kappa shape index (κ3) is 3.74. The normalized spacial score (nSPS) is 14.1. The molecule has 27 heavy (non-hydrogen) atoms. The molecule has 4 rings (SSSR count). The minimum Gasteiger partial charge on any atom is -0.489 e. The summed E-state index contributed by atoms with van der Waals surface area (Å²) in [7, 11) is 0. The Kier molecular flexibility index (Phi) is 4.69. The molecule has 1 heterocycles. The van der Waals surface area contributed by atoms with Crippen LogP contribution in [0, 0.1) is 6.92 Å². The molecule has 0 N–H and O–H groups in total. The topological polar surface area (TPSA) is 35.5 Å². The Hall–Kier alpha value is -3.04. The van der Waals surface area contributed by atoms with Crippen LogP contribution in [-0.4, -0.2) is 5.78 Å². The number of ketones is 1. The zero-order valence-corrected chi connectivity index (χ0v) is 15.5. The Bertz CT molecular complexity index is 1020. The second kappa shape index (κ2) is 7.29. The fourth-order valence-corrected chi connectivity index (χ4v) is 3.13. The van der Waals surface area contributed by atoms with E-state index < -0.39 is 0 Å². The average molecular weight is 377 g/mol. The van der Waals surface area contributed by atoms with Crippen LogP contribution in [0.1, 0.15) is 27.0 Å². The number of Topliss-reactive ketones (excluding diaryl/α,β-unsaturated/α-hetero) is 1. The highest BCUT2D eigenvalue weighted by Gasteiger charge is 2.29. The second-order valence-electron chi connectivity index (χ2n) is 6.38. The van der Waals surface area contributed by atoms with Crippen molar-refractivity contribution < 1.29 is 14.3 Å². The second-order valence-corrected chi connectivity index (χ2v) is 6.82. The average Bonchev–Trinajstić information content (AvgIpc) is 2.98. The van der Waals surface area contributed by atoms with Crippen LogP contribution in [0.3, 0.4) is 0 Å². The zero-order chi connectivity index (χ0) is 18.8. The van der Waals surface area contributed by atoms with Crippen LogP contribution in [0.25, 0.3) is 6.08 Å². The molecule has 4 heteroatoms. The van der Waals surface area contributed by atoms with Gasteiger partial charge in [-0.15, -0.1) is 0 Å². The molecule has 0 spiro atoms. The van der Waals surface area contributed by atoms with Gasteiger partial charge in [0.15, 0.2) is 5.76 Å². The molecule has 0 amide bonds. The minimum atomic E-state index is -0.101. The van der Waals surface area contributed by atoms with Gasteiger partial charge in [-0.1, -0.05) is 54.1 Å². The van der Waals surface area contributed by atoms with Crippen molar-refractivity contribution in [2.24, 2.45) is 0 Å². The molecule has 134 valence electrons. The van der Waals surface area contributed by atoms with E-state index in [-0.39, 0.29) is 5.78 Å². The lowest BCUT2D eigenvalue weighted by molar-refractivity contribution is 0.101. The third-order valence-electron chi connectivity index (χ3n) is 4.36. The molecule has 1 aliphatic heterocycles. The van der Waals surface area contributed by atoms with Crippen molar-refractivity contribution >= 4 is 23.5 Å². The number of benzene rings is 3. The van der Waals surface area contributed by atoms with E-state index in [1.165, 1.54) is 0 Å². The molecular weight excluding hydrogens is 360 g/mol. The maximum Gasteiger partial charge on any atom is 0.232 e. The van der Waals surface area contributed by atoms with E-state index >= 15 is 0 Å². The number of carbonyl (C=O) groups excluding carboxylic acids is 1. The van der Waals surface area contributed by atoms with Crippen molar-refractivity contribution in [3.05, 3.63) is 99.8 Å². The standard InChI is InChI=1S/C23H17ClO3/c1-15-11-19(26-14-17-7-9-18(24)10-8-17)13-20-22(15)23(25)21(27-20)12-16-5-3-2-4-6-16/h2-13H,14H2,1H3/b21-12-. The molecule has 0 aliphatic carbocycles. The number of aryl methyl sites for hydroxylation is 1. The first-order valence-corrected chi connectivity index (χ1v) is 8.99. The third-order valence-corrected chi connectivity index (χ3v) is 4.61. The summed E-state index contributed by atoms with van der Waals surface area (Å²) in [6, 6.07) is 20.8. The summed E-state index contributed by atoms with van der Waals surface area (Å²) >= 11 is 5.90. The van der Waals surface area contributed by atoms with E-state index in [1.54, 1.807) is 12.1 Å². The molecule has 3 aromatic rings. The Balaban J connectivity index is 1.56. The first kappa shape index (κ1) is 17.4. The van der Waals surface area contributed by atoms with Gasteiger partial charge >= 0.3 is 0 Å². The quantitative estimate of drug-likeness (QED) is 0.536. The van der Waals surface area contributed by atoms with E-state index in [4.69, 9.17) is 21.1 Å². The maximum absolute atomic E-state index is 12.7. The highest BCUT2D eigenvalue weighted by Crippen LogP contribution is 2.37. The van der Waals surface area contributed by atoms with E-state index in [0.29, 0.717) is 34.5 Å².